The average molecular weight is 524 g/mol. The van der Waals surface area contributed by atoms with Crippen LogP contribution in [0.15, 0.2) is 71.9 Å². The van der Waals surface area contributed by atoms with Gasteiger partial charge in [-0.3, -0.25) is 9.78 Å². The maximum atomic E-state index is 13.3. The molecular formula is C28H33N3O5S. The van der Waals surface area contributed by atoms with Crippen LogP contribution in [-0.2, 0) is 22.9 Å². The Kier molecular flexibility index (Phi) is 7.68. The molecule has 8 nitrogen and oxygen atoms in total. The highest BCUT2D eigenvalue weighted by atomic mass is 32.2. The van der Waals surface area contributed by atoms with E-state index in [9.17, 15) is 18.3 Å². The van der Waals surface area contributed by atoms with E-state index in [1.165, 1.54) is 0 Å². The second-order valence-corrected chi connectivity index (χ2v) is 11.5. The van der Waals surface area contributed by atoms with E-state index in [1.54, 1.807) is 80.7 Å². The number of benzene rings is 2. The average Bonchev–Trinajstić information content (AvgIpc) is 2.89. The lowest BCUT2D eigenvalue weighted by Gasteiger charge is -2.42. The summed E-state index contributed by atoms with van der Waals surface area (Å²) in [5.74, 6) is 0.202. The minimum absolute atomic E-state index is 0.103. The van der Waals surface area contributed by atoms with E-state index in [0.29, 0.717) is 29.8 Å². The van der Waals surface area contributed by atoms with Gasteiger partial charge in [-0.15, -0.1) is 0 Å². The molecule has 2 N–H and O–H groups in total. The molecule has 2 heterocycles. The number of aromatic nitrogens is 1. The summed E-state index contributed by atoms with van der Waals surface area (Å²) in [6.07, 6.45) is 3.70. The van der Waals surface area contributed by atoms with Crippen molar-refractivity contribution in [2.75, 3.05) is 13.6 Å². The van der Waals surface area contributed by atoms with E-state index in [0.717, 1.165) is 17.5 Å². The van der Waals surface area contributed by atoms with Crippen molar-refractivity contribution in [3.8, 4) is 5.75 Å². The zero-order valence-electron chi connectivity index (χ0n) is 21.5. The number of nitrogens with zero attached hydrogens (tertiary/aromatic N) is 2. The molecule has 196 valence electrons. The fourth-order valence-electron chi connectivity index (χ4n) is 4.37. The molecule has 0 fully saturated rings. The first-order chi connectivity index (χ1) is 17.5. The van der Waals surface area contributed by atoms with Crippen LogP contribution in [0.5, 0.6) is 5.75 Å². The summed E-state index contributed by atoms with van der Waals surface area (Å²) >= 11 is 0. The number of likely N-dealkylation sites (N-methyl/N-ethyl adjacent to an activating group) is 1. The number of amides is 1. The van der Waals surface area contributed by atoms with Crippen molar-refractivity contribution in [2.24, 2.45) is 0 Å². The quantitative estimate of drug-likeness (QED) is 0.468. The standard InChI is InChI=1S/C28H33N3O5S/c1-5-19-6-9-22(10-7-19)37(34,35)30-25-23-18-21(8-11-24(23)36-28(2,3)26(25)32)27(33)31(4)17-14-20-12-15-29-16-13-20/h6-13,15-16,18,25-26,30,32H,5,14,17H2,1-4H3/t25-,26+/m1/s1. The fourth-order valence-corrected chi connectivity index (χ4v) is 5.59. The Balaban J connectivity index is 1.61. The maximum Gasteiger partial charge on any atom is 0.253 e. The van der Waals surface area contributed by atoms with E-state index in [1.807, 2.05) is 19.1 Å². The zero-order chi connectivity index (χ0) is 26.8. The smallest absolute Gasteiger partial charge is 0.253 e. The molecule has 1 amide bonds. The molecule has 0 unspecified atom stereocenters. The molecule has 3 aromatic rings. The predicted octanol–water partition coefficient (Wildman–Crippen LogP) is 3.51. The van der Waals surface area contributed by atoms with Crippen LogP contribution in [0.2, 0.25) is 0 Å². The number of hydrogen-bond donors (Lipinski definition) is 2. The molecule has 0 saturated carbocycles. The van der Waals surface area contributed by atoms with E-state index >= 15 is 0 Å². The number of ether oxygens (including phenoxy) is 1. The molecule has 2 atom stereocenters. The van der Waals surface area contributed by atoms with Crippen LogP contribution in [0.3, 0.4) is 0 Å². The summed E-state index contributed by atoms with van der Waals surface area (Å²) in [7, 11) is -2.25. The minimum Gasteiger partial charge on any atom is -0.485 e. The van der Waals surface area contributed by atoms with Gasteiger partial charge in [0.2, 0.25) is 10.0 Å². The van der Waals surface area contributed by atoms with Crippen molar-refractivity contribution in [3.63, 3.8) is 0 Å². The van der Waals surface area contributed by atoms with E-state index in [-0.39, 0.29) is 10.8 Å². The topological polar surface area (TPSA) is 109 Å². The normalized spacial score (nSPS) is 18.5. The highest BCUT2D eigenvalue weighted by molar-refractivity contribution is 7.89. The number of pyridine rings is 1. The highest BCUT2D eigenvalue weighted by Gasteiger charge is 2.45. The Labute approximate surface area is 218 Å². The van der Waals surface area contributed by atoms with Gasteiger partial charge in [0.1, 0.15) is 17.5 Å². The first-order valence-electron chi connectivity index (χ1n) is 12.3. The number of aliphatic hydroxyl groups is 1. The number of carbonyl (C=O) groups is 1. The van der Waals surface area contributed by atoms with Crippen molar-refractivity contribution in [1.82, 2.24) is 14.6 Å². The Hall–Kier alpha value is -3.27. The van der Waals surface area contributed by atoms with E-state index in [2.05, 4.69) is 9.71 Å². The number of rotatable bonds is 8. The molecular weight excluding hydrogens is 490 g/mol. The second kappa shape index (κ2) is 10.6. The number of fused-ring (bicyclic) bond motifs is 1. The predicted molar refractivity (Wildman–Crippen MR) is 141 cm³/mol. The lowest BCUT2D eigenvalue weighted by molar-refractivity contribution is -0.0603. The van der Waals surface area contributed by atoms with Crippen molar-refractivity contribution in [1.29, 1.82) is 0 Å². The summed E-state index contributed by atoms with van der Waals surface area (Å²) < 4.78 is 35.2. The van der Waals surface area contributed by atoms with Crippen molar-refractivity contribution in [3.05, 3.63) is 89.2 Å². The molecule has 1 aliphatic rings. The largest absolute Gasteiger partial charge is 0.485 e. The molecule has 4 rings (SSSR count). The minimum atomic E-state index is -3.97. The fraction of sp³-hybridized carbons (Fsp3) is 0.357. The van der Waals surface area contributed by atoms with Crippen LogP contribution < -0.4 is 9.46 Å². The molecule has 0 saturated heterocycles. The lowest BCUT2D eigenvalue weighted by Crippen LogP contribution is -2.53. The van der Waals surface area contributed by atoms with E-state index < -0.39 is 27.8 Å². The van der Waals surface area contributed by atoms with Gasteiger partial charge in [-0.1, -0.05) is 19.1 Å². The molecule has 0 aliphatic carbocycles. The third-order valence-corrected chi connectivity index (χ3v) is 8.21. The van der Waals surface area contributed by atoms with Crippen molar-refractivity contribution < 1.29 is 23.1 Å². The van der Waals surface area contributed by atoms with Gasteiger partial charge in [0.05, 0.1) is 10.9 Å². The molecule has 1 aromatic heterocycles. The van der Waals surface area contributed by atoms with Crippen molar-refractivity contribution >= 4 is 15.9 Å². The van der Waals surface area contributed by atoms with Crippen LogP contribution in [0.1, 0.15) is 53.9 Å². The van der Waals surface area contributed by atoms with Gasteiger partial charge in [0, 0.05) is 37.1 Å². The van der Waals surface area contributed by atoms with Gasteiger partial charge in [0.15, 0.2) is 0 Å². The van der Waals surface area contributed by atoms with Gasteiger partial charge in [-0.2, -0.15) is 0 Å². The van der Waals surface area contributed by atoms with E-state index in [4.69, 9.17) is 4.74 Å². The number of aryl methyl sites for hydroxylation is 1. The second-order valence-electron chi connectivity index (χ2n) is 9.83. The van der Waals surface area contributed by atoms with Crippen LogP contribution in [0.4, 0.5) is 0 Å². The number of carbonyl (C=O) groups excluding carboxylic acids is 1. The third kappa shape index (κ3) is 5.84. The lowest BCUT2D eigenvalue weighted by atomic mass is 9.86. The number of aliphatic hydroxyl groups excluding tert-OH is 1. The van der Waals surface area contributed by atoms with Gasteiger partial charge >= 0.3 is 0 Å². The number of nitrogens with one attached hydrogen (secondary N) is 1. The number of hydrogen-bond acceptors (Lipinski definition) is 6. The summed E-state index contributed by atoms with van der Waals surface area (Å²) in [5, 5.41) is 11.1. The van der Waals surface area contributed by atoms with Crippen LogP contribution in [0, 0.1) is 0 Å². The first kappa shape index (κ1) is 26.8. The number of sulfonamides is 1. The molecule has 0 spiro atoms. The molecule has 1 aliphatic heterocycles. The monoisotopic (exact) mass is 523 g/mol. The Morgan fingerprint density at radius 2 is 1.76 bits per heavy atom. The zero-order valence-corrected chi connectivity index (χ0v) is 22.3. The Morgan fingerprint density at radius 1 is 1.08 bits per heavy atom. The van der Waals surface area contributed by atoms with Crippen LogP contribution in [-0.4, -0.2) is 54.6 Å². The third-order valence-electron chi connectivity index (χ3n) is 6.75. The Morgan fingerprint density at radius 3 is 2.41 bits per heavy atom. The van der Waals surface area contributed by atoms with Gasteiger partial charge in [-0.25, -0.2) is 13.1 Å². The van der Waals surface area contributed by atoms with Crippen LogP contribution in [0.25, 0.3) is 0 Å². The molecule has 2 aromatic carbocycles. The van der Waals surface area contributed by atoms with Gasteiger partial charge in [0.25, 0.3) is 5.91 Å². The van der Waals surface area contributed by atoms with Gasteiger partial charge in [-0.05, 0) is 80.3 Å². The maximum absolute atomic E-state index is 13.3. The first-order valence-corrected chi connectivity index (χ1v) is 13.8. The SMILES string of the molecule is CCc1ccc(S(=O)(=O)N[C@@H]2c3cc(C(=O)N(C)CCc4ccncc4)ccc3OC(C)(C)[C@H]2O)cc1. The van der Waals surface area contributed by atoms with Crippen LogP contribution >= 0.6 is 0 Å². The Bertz CT molecular complexity index is 1360. The molecule has 0 bridgehead atoms. The summed E-state index contributed by atoms with van der Waals surface area (Å²) in [6.45, 7) is 5.89. The molecule has 0 radical (unpaired) electrons. The molecule has 9 heteroatoms. The highest BCUT2D eigenvalue weighted by Crippen LogP contribution is 2.41. The summed E-state index contributed by atoms with van der Waals surface area (Å²) in [5.41, 5.74) is 1.82. The summed E-state index contributed by atoms with van der Waals surface area (Å²) in [6, 6.07) is 14.4. The summed E-state index contributed by atoms with van der Waals surface area (Å²) in [4.78, 5) is 18.9. The van der Waals surface area contributed by atoms with Gasteiger partial charge < -0.3 is 14.7 Å². The van der Waals surface area contributed by atoms with Crippen molar-refractivity contribution in [2.45, 2.75) is 56.3 Å². The molecule has 37 heavy (non-hydrogen) atoms.